The summed E-state index contributed by atoms with van der Waals surface area (Å²) in [6.45, 7) is 2.25. The summed E-state index contributed by atoms with van der Waals surface area (Å²) in [5.74, 6) is 0.805. The normalized spacial score (nSPS) is 10.4. The molecule has 0 fully saturated rings. The molecule has 5 nitrogen and oxygen atoms in total. The molecule has 0 aliphatic heterocycles. The van der Waals surface area contributed by atoms with Gasteiger partial charge < -0.3 is 14.9 Å². The van der Waals surface area contributed by atoms with Gasteiger partial charge in [0.05, 0.1) is 0 Å². The fraction of sp³-hybridized carbons (Fsp3) is 0.200. The van der Waals surface area contributed by atoms with Gasteiger partial charge >= 0.3 is 6.01 Å². The molecular weight excluding hydrogens is 274 g/mol. The van der Waals surface area contributed by atoms with E-state index in [0.717, 1.165) is 10.0 Å². The lowest BCUT2D eigenvalue weighted by molar-refractivity contribution is 0.425. The number of aromatic hydroxyl groups is 1. The van der Waals surface area contributed by atoms with Gasteiger partial charge in [0.2, 0.25) is 0 Å². The number of halogens is 1. The number of anilines is 1. The monoisotopic (exact) mass is 283 g/mol. The van der Waals surface area contributed by atoms with Crippen LogP contribution in [0.1, 0.15) is 11.4 Å². The maximum Gasteiger partial charge on any atom is 0.321 e. The molecule has 16 heavy (non-hydrogen) atoms. The molecule has 0 radical (unpaired) electrons. The van der Waals surface area contributed by atoms with Crippen LogP contribution >= 0.6 is 15.9 Å². The minimum absolute atomic E-state index is 0.224. The van der Waals surface area contributed by atoms with Crippen LogP contribution < -0.4 is 5.32 Å². The first-order valence-electron chi connectivity index (χ1n) is 4.67. The standard InChI is InChI=1S/C10H10BrN3O2/c1-6-13-10(16-14-6)12-5-7-4-8(15)2-3-9(7)11/h2-4,15H,5H2,1H3,(H,12,13,14). The molecule has 0 amide bonds. The number of phenolic OH excluding ortho intramolecular Hbond substituents is 1. The second-order valence-electron chi connectivity index (χ2n) is 3.28. The van der Waals surface area contributed by atoms with Gasteiger partial charge in [-0.25, -0.2) is 0 Å². The van der Waals surface area contributed by atoms with Gasteiger partial charge in [-0.15, -0.1) is 0 Å². The first-order chi connectivity index (χ1) is 7.65. The van der Waals surface area contributed by atoms with Crippen molar-refractivity contribution < 1.29 is 9.63 Å². The summed E-state index contributed by atoms with van der Waals surface area (Å²) >= 11 is 3.39. The van der Waals surface area contributed by atoms with E-state index in [4.69, 9.17) is 4.52 Å². The first kappa shape index (κ1) is 10.9. The van der Waals surface area contributed by atoms with Crippen LogP contribution in [0.3, 0.4) is 0 Å². The number of hydrogen-bond acceptors (Lipinski definition) is 5. The van der Waals surface area contributed by atoms with Crippen LogP contribution in [0.25, 0.3) is 0 Å². The van der Waals surface area contributed by atoms with E-state index in [1.165, 1.54) is 0 Å². The van der Waals surface area contributed by atoms with Crippen molar-refractivity contribution in [1.29, 1.82) is 0 Å². The Balaban J connectivity index is 2.07. The lowest BCUT2D eigenvalue weighted by Gasteiger charge is -2.04. The Kier molecular flexibility index (Phi) is 3.09. The van der Waals surface area contributed by atoms with Gasteiger partial charge in [0.15, 0.2) is 5.82 Å². The molecule has 0 bridgehead atoms. The van der Waals surface area contributed by atoms with Gasteiger partial charge in [-0.3, -0.25) is 0 Å². The summed E-state index contributed by atoms with van der Waals surface area (Å²) < 4.78 is 5.82. The number of aryl methyl sites for hydroxylation is 1. The van der Waals surface area contributed by atoms with Crippen molar-refractivity contribution in [3.63, 3.8) is 0 Å². The molecule has 6 heteroatoms. The number of hydrogen-bond donors (Lipinski definition) is 2. The molecule has 1 aromatic carbocycles. The predicted octanol–water partition coefficient (Wildman–Crippen LogP) is 2.46. The van der Waals surface area contributed by atoms with Crippen LogP contribution in [0.2, 0.25) is 0 Å². The average molecular weight is 284 g/mol. The highest BCUT2D eigenvalue weighted by molar-refractivity contribution is 9.10. The molecule has 1 heterocycles. The van der Waals surface area contributed by atoms with Crippen molar-refractivity contribution >= 4 is 21.9 Å². The highest BCUT2D eigenvalue weighted by Gasteiger charge is 2.04. The summed E-state index contributed by atoms with van der Waals surface area (Å²) in [4.78, 5) is 4.01. The Labute approximate surface area is 101 Å². The molecule has 0 aliphatic carbocycles. The first-order valence-corrected chi connectivity index (χ1v) is 5.46. The van der Waals surface area contributed by atoms with E-state index in [1.807, 2.05) is 0 Å². The average Bonchev–Trinajstić information content (AvgIpc) is 2.66. The maximum absolute atomic E-state index is 9.34. The molecule has 0 unspecified atom stereocenters. The van der Waals surface area contributed by atoms with Crippen molar-refractivity contribution in [2.24, 2.45) is 0 Å². The zero-order valence-corrected chi connectivity index (χ0v) is 10.2. The predicted molar refractivity (Wildman–Crippen MR) is 62.2 cm³/mol. The van der Waals surface area contributed by atoms with Crippen molar-refractivity contribution in [2.75, 3.05) is 5.32 Å². The summed E-state index contributed by atoms with van der Waals surface area (Å²) in [5.41, 5.74) is 0.913. The van der Waals surface area contributed by atoms with Crippen LogP contribution in [0.4, 0.5) is 6.01 Å². The number of nitrogens with zero attached hydrogens (tertiary/aromatic N) is 2. The Bertz CT molecular complexity index is 499. The van der Waals surface area contributed by atoms with Crippen LogP contribution in [-0.4, -0.2) is 15.2 Å². The van der Waals surface area contributed by atoms with Crippen molar-refractivity contribution in [1.82, 2.24) is 10.1 Å². The van der Waals surface area contributed by atoms with Crippen molar-refractivity contribution in [2.45, 2.75) is 13.5 Å². The summed E-state index contributed by atoms with van der Waals surface area (Å²) in [6, 6.07) is 5.43. The topological polar surface area (TPSA) is 71.2 Å². The maximum atomic E-state index is 9.34. The fourth-order valence-electron chi connectivity index (χ4n) is 1.24. The summed E-state index contributed by atoms with van der Waals surface area (Å²) in [6.07, 6.45) is 0. The minimum Gasteiger partial charge on any atom is -0.508 e. The van der Waals surface area contributed by atoms with Gasteiger partial charge in [-0.05, 0) is 30.7 Å². The minimum atomic E-state index is 0.224. The Morgan fingerprint density at radius 1 is 1.50 bits per heavy atom. The van der Waals surface area contributed by atoms with E-state index in [9.17, 15) is 5.11 Å². The van der Waals surface area contributed by atoms with Crippen LogP contribution in [0.15, 0.2) is 27.2 Å². The molecule has 0 saturated heterocycles. The van der Waals surface area contributed by atoms with Crippen molar-refractivity contribution in [3.8, 4) is 5.75 Å². The number of nitrogens with one attached hydrogen (secondary N) is 1. The Morgan fingerprint density at radius 3 is 3.00 bits per heavy atom. The third kappa shape index (κ3) is 2.52. The third-order valence-corrected chi connectivity index (χ3v) is 2.76. The Morgan fingerprint density at radius 2 is 2.31 bits per heavy atom. The molecule has 1 aromatic heterocycles. The van der Waals surface area contributed by atoms with Gasteiger partial charge in [-0.2, -0.15) is 4.98 Å². The molecule has 2 N–H and O–H groups in total. The van der Waals surface area contributed by atoms with Crippen LogP contribution in [0.5, 0.6) is 5.75 Å². The van der Waals surface area contributed by atoms with E-state index in [1.54, 1.807) is 25.1 Å². The number of phenols is 1. The number of aromatic nitrogens is 2. The Hall–Kier alpha value is -1.56. The SMILES string of the molecule is Cc1noc(NCc2cc(O)ccc2Br)n1. The highest BCUT2D eigenvalue weighted by atomic mass is 79.9. The summed E-state index contributed by atoms with van der Waals surface area (Å²) in [7, 11) is 0. The highest BCUT2D eigenvalue weighted by Crippen LogP contribution is 2.22. The van der Waals surface area contributed by atoms with Crippen LogP contribution in [0, 0.1) is 6.92 Å². The van der Waals surface area contributed by atoms with Gasteiger partial charge in [-0.1, -0.05) is 21.1 Å². The quantitative estimate of drug-likeness (QED) is 0.905. The zero-order chi connectivity index (χ0) is 11.5. The van der Waals surface area contributed by atoms with Gasteiger partial charge in [0.25, 0.3) is 0 Å². The van der Waals surface area contributed by atoms with E-state index < -0.39 is 0 Å². The molecule has 0 spiro atoms. The second-order valence-corrected chi connectivity index (χ2v) is 4.13. The third-order valence-electron chi connectivity index (χ3n) is 1.99. The van der Waals surface area contributed by atoms with E-state index in [0.29, 0.717) is 18.4 Å². The molecular formula is C10H10BrN3O2. The molecule has 0 atom stereocenters. The number of benzene rings is 1. The lowest BCUT2D eigenvalue weighted by Crippen LogP contribution is -2.00. The smallest absolute Gasteiger partial charge is 0.321 e. The molecule has 0 saturated carbocycles. The van der Waals surface area contributed by atoms with Gasteiger partial charge in [0.1, 0.15) is 5.75 Å². The van der Waals surface area contributed by atoms with E-state index in [-0.39, 0.29) is 5.75 Å². The summed E-state index contributed by atoms with van der Waals surface area (Å²) in [5, 5.41) is 16.0. The molecule has 0 aliphatic rings. The van der Waals surface area contributed by atoms with E-state index in [2.05, 4.69) is 31.4 Å². The molecule has 84 valence electrons. The zero-order valence-electron chi connectivity index (χ0n) is 8.57. The van der Waals surface area contributed by atoms with Crippen LogP contribution in [-0.2, 0) is 6.54 Å². The molecule has 2 rings (SSSR count). The largest absolute Gasteiger partial charge is 0.508 e. The lowest BCUT2D eigenvalue weighted by atomic mass is 10.2. The second kappa shape index (κ2) is 4.52. The van der Waals surface area contributed by atoms with Crippen molar-refractivity contribution in [3.05, 3.63) is 34.1 Å². The number of rotatable bonds is 3. The van der Waals surface area contributed by atoms with Gasteiger partial charge in [0, 0.05) is 11.0 Å². The fourth-order valence-corrected chi connectivity index (χ4v) is 1.62. The van der Waals surface area contributed by atoms with E-state index >= 15 is 0 Å². The molecule has 2 aromatic rings.